The van der Waals surface area contributed by atoms with Crippen molar-refractivity contribution in [3.8, 4) is 0 Å². The molecule has 0 saturated carbocycles. The number of morpholine rings is 1. The Morgan fingerprint density at radius 2 is 2.04 bits per heavy atom. The van der Waals surface area contributed by atoms with Crippen molar-refractivity contribution < 1.29 is 18.3 Å². The monoisotopic (exact) mass is 335 g/mol. The zero-order valence-corrected chi connectivity index (χ0v) is 13.8. The van der Waals surface area contributed by atoms with Gasteiger partial charge >= 0.3 is 0 Å². The van der Waals surface area contributed by atoms with Crippen LogP contribution in [0.2, 0.25) is 0 Å². The second kappa shape index (κ2) is 6.32. The van der Waals surface area contributed by atoms with Crippen LogP contribution in [0.1, 0.15) is 33.4 Å². The number of carbonyl (C=O) groups excluding carboxylic acids is 1. The number of hydrogen-bond donors (Lipinski definition) is 0. The zero-order valence-electron chi connectivity index (χ0n) is 13.8. The third kappa shape index (κ3) is 2.80. The summed E-state index contributed by atoms with van der Waals surface area (Å²) < 4.78 is 33.9. The number of halogens is 2. The Balaban J connectivity index is 1.97. The van der Waals surface area contributed by atoms with Gasteiger partial charge in [-0.2, -0.15) is 5.10 Å². The van der Waals surface area contributed by atoms with Gasteiger partial charge < -0.3 is 9.64 Å². The maximum Gasteiger partial charge on any atom is 0.254 e. The highest BCUT2D eigenvalue weighted by Gasteiger charge is 2.33. The van der Waals surface area contributed by atoms with Crippen molar-refractivity contribution in [2.24, 2.45) is 7.05 Å². The maximum absolute atomic E-state index is 13.5. The van der Waals surface area contributed by atoms with Crippen LogP contribution in [0.5, 0.6) is 0 Å². The normalized spacial score (nSPS) is 18.0. The van der Waals surface area contributed by atoms with Gasteiger partial charge in [-0.25, -0.2) is 8.78 Å². The number of benzene rings is 1. The van der Waals surface area contributed by atoms with Crippen molar-refractivity contribution in [1.29, 1.82) is 0 Å². The van der Waals surface area contributed by atoms with E-state index in [9.17, 15) is 13.6 Å². The van der Waals surface area contributed by atoms with Crippen molar-refractivity contribution >= 4 is 5.91 Å². The molecule has 1 aromatic heterocycles. The fourth-order valence-corrected chi connectivity index (χ4v) is 3.15. The van der Waals surface area contributed by atoms with Crippen molar-refractivity contribution in [2.45, 2.75) is 19.9 Å². The second-order valence-corrected chi connectivity index (χ2v) is 5.93. The van der Waals surface area contributed by atoms with E-state index >= 15 is 0 Å². The Labute approximate surface area is 138 Å². The van der Waals surface area contributed by atoms with Gasteiger partial charge in [0.2, 0.25) is 0 Å². The van der Waals surface area contributed by atoms with Crippen molar-refractivity contribution in [2.75, 3.05) is 19.8 Å². The van der Waals surface area contributed by atoms with Crippen LogP contribution >= 0.6 is 0 Å². The Bertz CT molecular complexity index is 788. The summed E-state index contributed by atoms with van der Waals surface area (Å²) in [6.07, 6.45) is 0. The van der Waals surface area contributed by atoms with Crippen LogP contribution in [0.3, 0.4) is 0 Å². The molecule has 1 atom stereocenters. The standard InChI is InChI=1S/C17H19F2N3O2/c1-10-16(11(2)21(3)20-10)15-9-24-7-6-22(15)17(23)12-4-5-13(18)14(19)8-12/h4-5,8,15H,6-7,9H2,1-3H3/t15-/m0/s1. The highest BCUT2D eigenvalue weighted by molar-refractivity contribution is 5.94. The molecule has 1 aliphatic rings. The zero-order chi connectivity index (χ0) is 17.4. The Morgan fingerprint density at radius 3 is 2.67 bits per heavy atom. The van der Waals surface area contributed by atoms with Gasteiger partial charge in [-0.15, -0.1) is 0 Å². The first-order chi connectivity index (χ1) is 11.4. The molecule has 5 nitrogen and oxygen atoms in total. The van der Waals surface area contributed by atoms with E-state index in [0.29, 0.717) is 19.8 Å². The molecule has 0 aliphatic carbocycles. The Morgan fingerprint density at radius 1 is 1.29 bits per heavy atom. The average molecular weight is 335 g/mol. The van der Waals surface area contributed by atoms with Crippen molar-refractivity contribution in [3.63, 3.8) is 0 Å². The van der Waals surface area contributed by atoms with Crippen LogP contribution in [0.4, 0.5) is 8.78 Å². The summed E-state index contributed by atoms with van der Waals surface area (Å²) in [6, 6.07) is 2.91. The summed E-state index contributed by atoms with van der Waals surface area (Å²) in [5, 5.41) is 4.39. The summed E-state index contributed by atoms with van der Waals surface area (Å²) in [7, 11) is 1.84. The van der Waals surface area contributed by atoms with E-state index in [1.54, 1.807) is 9.58 Å². The largest absolute Gasteiger partial charge is 0.377 e. The highest BCUT2D eigenvalue weighted by atomic mass is 19.2. The van der Waals surface area contributed by atoms with Gasteiger partial charge in [0.25, 0.3) is 5.91 Å². The number of aryl methyl sites for hydroxylation is 2. The molecule has 0 N–H and O–H groups in total. The van der Waals surface area contributed by atoms with Crippen LogP contribution in [0.15, 0.2) is 18.2 Å². The molecular formula is C17H19F2N3O2. The first-order valence-electron chi connectivity index (χ1n) is 7.74. The van der Waals surface area contributed by atoms with Crippen LogP contribution in [-0.2, 0) is 11.8 Å². The number of carbonyl (C=O) groups is 1. The summed E-state index contributed by atoms with van der Waals surface area (Å²) in [4.78, 5) is 14.5. The van der Waals surface area contributed by atoms with E-state index in [1.165, 1.54) is 6.07 Å². The van der Waals surface area contributed by atoms with Crippen LogP contribution < -0.4 is 0 Å². The van der Waals surface area contributed by atoms with Crippen LogP contribution in [0, 0.1) is 25.5 Å². The lowest BCUT2D eigenvalue weighted by Crippen LogP contribution is -2.43. The fraction of sp³-hybridized carbons (Fsp3) is 0.412. The lowest BCUT2D eigenvalue weighted by Gasteiger charge is -2.36. The second-order valence-electron chi connectivity index (χ2n) is 5.93. The van der Waals surface area contributed by atoms with Gasteiger partial charge in [-0.05, 0) is 32.0 Å². The first kappa shape index (κ1) is 16.6. The van der Waals surface area contributed by atoms with Crippen molar-refractivity contribution in [1.82, 2.24) is 14.7 Å². The molecule has 1 fully saturated rings. The van der Waals surface area contributed by atoms with Gasteiger partial charge in [0.15, 0.2) is 11.6 Å². The van der Waals surface area contributed by atoms with E-state index in [0.717, 1.165) is 29.1 Å². The number of rotatable bonds is 2. The van der Waals surface area contributed by atoms with Gasteiger partial charge in [0.1, 0.15) is 0 Å². The summed E-state index contributed by atoms with van der Waals surface area (Å²) in [5.74, 6) is -2.34. The Kier molecular flexibility index (Phi) is 4.36. The SMILES string of the molecule is Cc1nn(C)c(C)c1[C@@H]1COCCN1C(=O)c1ccc(F)c(F)c1. The molecule has 3 rings (SSSR count). The molecule has 1 saturated heterocycles. The predicted octanol–water partition coefficient (Wildman–Crippen LogP) is 2.53. The lowest BCUT2D eigenvalue weighted by molar-refractivity contribution is -0.00307. The summed E-state index contributed by atoms with van der Waals surface area (Å²) in [5.41, 5.74) is 2.84. The number of amides is 1. The van der Waals surface area contributed by atoms with Gasteiger partial charge in [0, 0.05) is 30.4 Å². The van der Waals surface area contributed by atoms with Crippen molar-refractivity contribution in [3.05, 3.63) is 52.3 Å². The van der Waals surface area contributed by atoms with Gasteiger partial charge in [-0.3, -0.25) is 9.48 Å². The van der Waals surface area contributed by atoms with Crippen LogP contribution in [0.25, 0.3) is 0 Å². The number of nitrogens with zero attached hydrogens (tertiary/aromatic N) is 3. The molecule has 0 radical (unpaired) electrons. The average Bonchev–Trinajstić information content (AvgIpc) is 2.82. The molecule has 1 aliphatic heterocycles. The quantitative estimate of drug-likeness (QED) is 0.847. The van der Waals surface area contributed by atoms with E-state index < -0.39 is 11.6 Å². The molecule has 7 heteroatoms. The molecule has 1 aromatic carbocycles. The molecule has 2 heterocycles. The topological polar surface area (TPSA) is 47.4 Å². The minimum Gasteiger partial charge on any atom is -0.377 e. The molecule has 128 valence electrons. The number of ether oxygens (including phenoxy) is 1. The highest BCUT2D eigenvalue weighted by Crippen LogP contribution is 2.30. The number of aromatic nitrogens is 2. The fourth-order valence-electron chi connectivity index (χ4n) is 3.15. The minimum absolute atomic E-state index is 0.125. The third-order valence-electron chi connectivity index (χ3n) is 4.45. The van der Waals surface area contributed by atoms with E-state index in [2.05, 4.69) is 5.10 Å². The van der Waals surface area contributed by atoms with Crippen LogP contribution in [-0.4, -0.2) is 40.3 Å². The summed E-state index contributed by atoms with van der Waals surface area (Å²) >= 11 is 0. The van der Waals surface area contributed by atoms with E-state index in [1.807, 2.05) is 20.9 Å². The molecule has 24 heavy (non-hydrogen) atoms. The molecule has 0 bridgehead atoms. The first-order valence-corrected chi connectivity index (χ1v) is 7.74. The Hall–Kier alpha value is -2.28. The molecule has 1 amide bonds. The smallest absolute Gasteiger partial charge is 0.254 e. The lowest BCUT2D eigenvalue weighted by atomic mass is 10.0. The van der Waals surface area contributed by atoms with E-state index in [4.69, 9.17) is 4.74 Å². The number of hydrogen-bond acceptors (Lipinski definition) is 3. The minimum atomic E-state index is -1.03. The molecule has 0 spiro atoms. The maximum atomic E-state index is 13.5. The van der Waals surface area contributed by atoms with Gasteiger partial charge in [-0.1, -0.05) is 0 Å². The molecular weight excluding hydrogens is 316 g/mol. The van der Waals surface area contributed by atoms with E-state index in [-0.39, 0.29) is 17.5 Å². The van der Waals surface area contributed by atoms with Gasteiger partial charge in [0.05, 0.1) is 24.9 Å². The predicted molar refractivity (Wildman–Crippen MR) is 83.6 cm³/mol. The molecule has 2 aromatic rings. The third-order valence-corrected chi connectivity index (χ3v) is 4.45. The molecule has 0 unspecified atom stereocenters. The summed E-state index contributed by atoms with van der Waals surface area (Å²) in [6.45, 7) is 4.96.